The molecular weight excluding hydrogens is 262 g/mol. The van der Waals surface area contributed by atoms with Gasteiger partial charge in [0.25, 0.3) is 5.91 Å². The van der Waals surface area contributed by atoms with Gasteiger partial charge in [-0.25, -0.2) is 0 Å². The molecule has 7 nitrogen and oxygen atoms in total. The van der Waals surface area contributed by atoms with Gasteiger partial charge in [-0.15, -0.1) is 0 Å². The molecule has 0 radical (unpaired) electrons. The maximum atomic E-state index is 11.7. The van der Waals surface area contributed by atoms with Crippen molar-refractivity contribution >= 4 is 23.5 Å². The summed E-state index contributed by atoms with van der Waals surface area (Å²) in [6.07, 6.45) is 0. The lowest BCUT2D eigenvalue weighted by atomic mass is 10.2. The molecule has 0 aliphatic heterocycles. The second-order valence-corrected chi connectivity index (χ2v) is 4.35. The fourth-order valence-electron chi connectivity index (χ4n) is 1.31. The highest BCUT2D eigenvalue weighted by Gasteiger charge is 2.13. The number of hydrogen-bond donors (Lipinski definition) is 4. The lowest BCUT2D eigenvalue weighted by molar-refractivity contribution is -0.141. The number of carboxylic acid groups (broad SMARTS) is 1. The summed E-state index contributed by atoms with van der Waals surface area (Å²) in [6, 6.07) is 6.27. The zero-order valence-electron chi connectivity index (χ0n) is 11.1. The number of carbonyl (C=O) groups excluding carboxylic acids is 2. The number of nitrogens with two attached hydrogens (primary N) is 1. The lowest BCUT2D eigenvalue weighted by Gasteiger charge is -2.09. The summed E-state index contributed by atoms with van der Waals surface area (Å²) in [7, 11) is 0. The van der Waals surface area contributed by atoms with E-state index in [1.807, 2.05) is 0 Å². The van der Waals surface area contributed by atoms with E-state index in [4.69, 9.17) is 10.8 Å². The van der Waals surface area contributed by atoms with Crippen LogP contribution in [-0.2, 0) is 9.59 Å². The third kappa shape index (κ3) is 4.97. The zero-order valence-corrected chi connectivity index (χ0v) is 11.1. The van der Waals surface area contributed by atoms with Crippen LogP contribution in [0.4, 0.5) is 5.69 Å². The molecule has 0 spiro atoms. The number of aliphatic carboxylic acids is 1. The van der Waals surface area contributed by atoms with Crippen LogP contribution >= 0.6 is 0 Å². The quantitative estimate of drug-likeness (QED) is 0.539. The number of hydrogen-bond acceptors (Lipinski definition) is 4. The molecule has 1 atom stereocenters. The minimum atomic E-state index is -0.990. The van der Waals surface area contributed by atoms with Gasteiger partial charge in [0.15, 0.2) is 0 Å². The Hall–Kier alpha value is -2.57. The second kappa shape index (κ2) is 7.13. The standard InChI is InChI=1S/C13H17N3O4/c1-8(13(19)20)6-15-11(17)7-16-12(18)9-2-4-10(14)5-3-9/h2-5,8H,6-7,14H2,1H3,(H,15,17)(H,16,18)(H,19,20). The third-order valence-corrected chi connectivity index (χ3v) is 2.61. The first-order chi connectivity index (χ1) is 9.40. The van der Waals surface area contributed by atoms with Gasteiger partial charge in [0.2, 0.25) is 5.91 Å². The van der Waals surface area contributed by atoms with E-state index in [-0.39, 0.29) is 13.1 Å². The third-order valence-electron chi connectivity index (χ3n) is 2.61. The molecule has 0 bridgehead atoms. The molecule has 0 saturated heterocycles. The van der Waals surface area contributed by atoms with E-state index < -0.39 is 23.7 Å². The van der Waals surface area contributed by atoms with E-state index >= 15 is 0 Å². The van der Waals surface area contributed by atoms with Crippen LogP contribution in [0.25, 0.3) is 0 Å². The van der Waals surface area contributed by atoms with Gasteiger partial charge in [-0.05, 0) is 24.3 Å². The average molecular weight is 279 g/mol. The molecule has 0 aliphatic rings. The van der Waals surface area contributed by atoms with Crippen LogP contribution in [-0.4, -0.2) is 36.0 Å². The summed E-state index contributed by atoms with van der Waals surface area (Å²) < 4.78 is 0. The minimum Gasteiger partial charge on any atom is -0.481 e. The molecule has 5 N–H and O–H groups in total. The monoisotopic (exact) mass is 279 g/mol. The first-order valence-electron chi connectivity index (χ1n) is 6.03. The van der Waals surface area contributed by atoms with Crippen molar-refractivity contribution in [3.63, 3.8) is 0 Å². The first-order valence-corrected chi connectivity index (χ1v) is 6.03. The molecule has 1 rings (SSSR count). The Morgan fingerprint density at radius 1 is 1.20 bits per heavy atom. The van der Waals surface area contributed by atoms with Gasteiger partial charge in [0.1, 0.15) is 0 Å². The molecule has 1 aromatic rings. The Kier molecular flexibility index (Phi) is 5.52. The van der Waals surface area contributed by atoms with Crippen molar-refractivity contribution in [3.05, 3.63) is 29.8 Å². The van der Waals surface area contributed by atoms with Gasteiger partial charge in [-0.1, -0.05) is 6.92 Å². The first kappa shape index (κ1) is 15.5. The number of nitrogens with one attached hydrogen (secondary N) is 2. The van der Waals surface area contributed by atoms with Crippen LogP contribution < -0.4 is 16.4 Å². The molecule has 0 fully saturated rings. The summed E-state index contributed by atoms with van der Waals surface area (Å²) in [5.74, 6) is -2.50. The molecule has 20 heavy (non-hydrogen) atoms. The van der Waals surface area contributed by atoms with Gasteiger partial charge in [0, 0.05) is 17.8 Å². The maximum Gasteiger partial charge on any atom is 0.308 e. The minimum absolute atomic E-state index is 0.0197. The maximum absolute atomic E-state index is 11.7. The number of amides is 2. The van der Waals surface area contributed by atoms with Crippen LogP contribution in [0, 0.1) is 5.92 Å². The number of benzene rings is 1. The van der Waals surface area contributed by atoms with Gasteiger partial charge in [-0.3, -0.25) is 14.4 Å². The highest BCUT2D eigenvalue weighted by Crippen LogP contribution is 2.04. The van der Waals surface area contributed by atoms with Crippen LogP contribution in [0.15, 0.2) is 24.3 Å². The summed E-state index contributed by atoms with van der Waals surface area (Å²) in [4.78, 5) is 33.7. The van der Waals surface area contributed by atoms with Crippen LogP contribution in [0.1, 0.15) is 17.3 Å². The van der Waals surface area contributed by atoms with E-state index in [0.29, 0.717) is 11.3 Å². The molecule has 0 saturated carbocycles. The number of carbonyl (C=O) groups is 3. The van der Waals surface area contributed by atoms with Crippen molar-refractivity contribution in [1.82, 2.24) is 10.6 Å². The van der Waals surface area contributed by atoms with Crippen LogP contribution in [0.5, 0.6) is 0 Å². The van der Waals surface area contributed by atoms with Gasteiger partial charge in [0.05, 0.1) is 12.5 Å². The molecule has 1 aromatic carbocycles. The van der Waals surface area contributed by atoms with E-state index in [1.165, 1.54) is 6.92 Å². The molecular formula is C13H17N3O4. The van der Waals surface area contributed by atoms with Gasteiger partial charge in [-0.2, -0.15) is 0 Å². The van der Waals surface area contributed by atoms with Crippen LogP contribution in [0.3, 0.4) is 0 Å². The second-order valence-electron chi connectivity index (χ2n) is 4.35. The van der Waals surface area contributed by atoms with E-state index in [2.05, 4.69) is 10.6 Å². The largest absolute Gasteiger partial charge is 0.481 e. The Balaban J connectivity index is 2.35. The molecule has 0 aliphatic carbocycles. The summed E-state index contributed by atoms with van der Waals surface area (Å²) in [5, 5.41) is 13.5. The number of rotatable bonds is 6. The highest BCUT2D eigenvalue weighted by molar-refractivity contribution is 5.96. The lowest BCUT2D eigenvalue weighted by Crippen LogP contribution is -2.39. The fourth-order valence-corrected chi connectivity index (χ4v) is 1.31. The van der Waals surface area contributed by atoms with Gasteiger partial charge < -0.3 is 21.5 Å². The molecule has 108 valence electrons. The summed E-state index contributed by atoms with van der Waals surface area (Å²) >= 11 is 0. The Bertz CT molecular complexity index is 499. The predicted octanol–water partition coefficient (Wildman–Crippen LogP) is -0.164. The topological polar surface area (TPSA) is 122 Å². The number of nitrogen functional groups attached to an aromatic ring is 1. The Morgan fingerprint density at radius 2 is 1.80 bits per heavy atom. The van der Waals surface area contributed by atoms with E-state index in [9.17, 15) is 14.4 Å². The molecule has 2 amide bonds. The van der Waals surface area contributed by atoms with Gasteiger partial charge >= 0.3 is 5.97 Å². The summed E-state index contributed by atoms with van der Waals surface area (Å²) in [6.45, 7) is 1.29. The van der Waals surface area contributed by atoms with E-state index in [0.717, 1.165) is 0 Å². The Labute approximate surface area is 116 Å². The van der Waals surface area contributed by atoms with Crippen molar-refractivity contribution in [2.45, 2.75) is 6.92 Å². The SMILES string of the molecule is CC(CNC(=O)CNC(=O)c1ccc(N)cc1)C(=O)O. The smallest absolute Gasteiger partial charge is 0.308 e. The molecule has 1 unspecified atom stereocenters. The van der Waals surface area contributed by atoms with Crippen molar-refractivity contribution < 1.29 is 19.5 Å². The van der Waals surface area contributed by atoms with Crippen molar-refractivity contribution in [1.29, 1.82) is 0 Å². The number of carboxylic acids is 1. The van der Waals surface area contributed by atoms with Crippen molar-refractivity contribution in [2.24, 2.45) is 5.92 Å². The van der Waals surface area contributed by atoms with Crippen LogP contribution in [0.2, 0.25) is 0 Å². The fraction of sp³-hybridized carbons (Fsp3) is 0.308. The summed E-state index contributed by atoms with van der Waals surface area (Å²) in [5.41, 5.74) is 6.44. The highest BCUT2D eigenvalue weighted by atomic mass is 16.4. The predicted molar refractivity (Wildman–Crippen MR) is 73.0 cm³/mol. The average Bonchev–Trinajstić information content (AvgIpc) is 2.42. The molecule has 0 heterocycles. The van der Waals surface area contributed by atoms with Crippen molar-refractivity contribution in [2.75, 3.05) is 18.8 Å². The normalized spacial score (nSPS) is 11.4. The van der Waals surface area contributed by atoms with Crippen molar-refractivity contribution in [3.8, 4) is 0 Å². The molecule has 7 heteroatoms. The van der Waals surface area contributed by atoms with E-state index in [1.54, 1.807) is 24.3 Å². The number of anilines is 1. The Morgan fingerprint density at radius 3 is 2.35 bits per heavy atom. The zero-order chi connectivity index (χ0) is 15.1. The molecule has 0 aromatic heterocycles.